The minimum absolute atomic E-state index is 0.758. The molecule has 1 aromatic rings. The molecule has 3 heteroatoms. The van der Waals surface area contributed by atoms with Crippen LogP contribution in [0.25, 0.3) is 0 Å². The fraction of sp³-hybridized carbons (Fsp3) is 0.643. The quantitative estimate of drug-likeness (QED) is 0.594. The van der Waals surface area contributed by atoms with Gasteiger partial charge in [-0.1, -0.05) is 11.1 Å². The average molecular weight is 248 g/mol. The lowest BCUT2D eigenvalue weighted by Crippen LogP contribution is -2.15. The van der Waals surface area contributed by atoms with E-state index in [9.17, 15) is 0 Å². The highest BCUT2D eigenvalue weighted by Gasteiger charge is 2.23. The van der Waals surface area contributed by atoms with Crippen molar-refractivity contribution in [3.8, 4) is 0 Å². The van der Waals surface area contributed by atoms with Gasteiger partial charge in [0.15, 0.2) is 4.77 Å². The van der Waals surface area contributed by atoms with Crippen LogP contribution in [0, 0.1) is 10.7 Å². The lowest BCUT2D eigenvalue weighted by Gasteiger charge is -2.30. The van der Waals surface area contributed by atoms with Gasteiger partial charge in [0.05, 0.1) is 0 Å². The van der Waals surface area contributed by atoms with Gasteiger partial charge in [0.1, 0.15) is 0 Å². The first-order chi connectivity index (χ1) is 8.31. The molecule has 0 radical (unpaired) electrons. The summed E-state index contributed by atoms with van der Waals surface area (Å²) in [6.07, 6.45) is 12.8. The van der Waals surface area contributed by atoms with E-state index in [0.29, 0.717) is 0 Å². The van der Waals surface area contributed by atoms with Gasteiger partial charge >= 0.3 is 0 Å². The Hall–Kier alpha value is -0.830. The lowest BCUT2D eigenvalue weighted by molar-refractivity contribution is 0.418. The Kier molecular flexibility index (Phi) is 3.19. The second kappa shape index (κ2) is 4.81. The number of rotatable bonds is 2. The lowest BCUT2D eigenvalue weighted by atomic mass is 9.76. The van der Waals surface area contributed by atoms with Crippen molar-refractivity contribution in [3.63, 3.8) is 0 Å². The normalized spacial score (nSPS) is 24.8. The molecule has 0 spiro atoms. The number of aromatic nitrogens is 2. The molecule has 0 saturated heterocycles. The third-order valence-corrected chi connectivity index (χ3v) is 4.48. The molecule has 0 amide bonds. The van der Waals surface area contributed by atoms with E-state index in [0.717, 1.165) is 17.1 Å². The summed E-state index contributed by atoms with van der Waals surface area (Å²) in [5.41, 5.74) is 4.87. The van der Waals surface area contributed by atoms with Gasteiger partial charge in [-0.05, 0) is 69.5 Å². The molecular formula is C14H20N2S. The van der Waals surface area contributed by atoms with E-state index in [2.05, 4.69) is 9.97 Å². The molecule has 0 aromatic carbocycles. The molecule has 2 aliphatic rings. The van der Waals surface area contributed by atoms with Crippen LogP contribution >= 0.6 is 12.2 Å². The van der Waals surface area contributed by atoms with Crippen LogP contribution in [-0.2, 0) is 6.42 Å². The molecule has 2 aliphatic carbocycles. The summed E-state index contributed by atoms with van der Waals surface area (Å²) in [6, 6.07) is 0. The van der Waals surface area contributed by atoms with Crippen molar-refractivity contribution in [1.82, 2.24) is 9.97 Å². The number of hydrogen-bond acceptors (Lipinski definition) is 1. The average Bonchev–Trinajstić information content (AvgIpc) is 2.75. The zero-order valence-electron chi connectivity index (χ0n) is 10.2. The molecular weight excluding hydrogens is 228 g/mol. The Bertz CT molecular complexity index is 480. The van der Waals surface area contributed by atoms with Crippen molar-refractivity contribution >= 4 is 12.2 Å². The summed E-state index contributed by atoms with van der Waals surface area (Å²) in [7, 11) is 0. The van der Waals surface area contributed by atoms with Crippen LogP contribution in [0.1, 0.15) is 50.6 Å². The second-order valence-corrected chi connectivity index (χ2v) is 5.90. The number of aromatic amines is 2. The minimum Gasteiger partial charge on any atom is -0.337 e. The summed E-state index contributed by atoms with van der Waals surface area (Å²) >= 11 is 5.07. The maximum atomic E-state index is 5.07. The van der Waals surface area contributed by atoms with Crippen molar-refractivity contribution in [1.29, 1.82) is 0 Å². The molecule has 0 fully saturated rings. The Balaban J connectivity index is 1.67. The predicted molar refractivity (Wildman–Crippen MR) is 72.5 cm³/mol. The highest BCUT2D eigenvalue weighted by atomic mass is 32.1. The predicted octanol–water partition coefficient (Wildman–Crippen LogP) is 4.29. The summed E-state index contributed by atoms with van der Waals surface area (Å²) in [5, 5.41) is 0. The van der Waals surface area contributed by atoms with Gasteiger partial charge in [0, 0.05) is 11.9 Å². The van der Waals surface area contributed by atoms with Crippen LogP contribution < -0.4 is 0 Å². The van der Waals surface area contributed by atoms with Gasteiger partial charge in [0.25, 0.3) is 0 Å². The molecule has 17 heavy (non-hydrogen) atoms. The Labute approximate surface area is 108 Å². The van der Waals surface area contributed by atoms with E-state index in [4.69, 9.17) is 12.2 Å². The van der Waals surface area contributed by atoms with Crippen LogP contribution in [0.2, 0.25) is 0 Å². The number of allylic oxidation sites excluding steroid dienone is 2. The highest BCUT2D eigenvalue weighted by Crippen LogP contribution is 2.38. The third-order valence-electron chi connectivity index (χ3n) is 4.26. The monoisotopic (exact) mass is 248 g/mol. The SMILES string of the molecule is S=c1[nH]cc(CC2CCC3=C(CCCC3)C2)[nH]1. The van der Waals surface area contributed by atoms with Gasteiger partial charge in [-0.25, -0.2) is 0 Å². The molecule has 2 nitrogen and oxygen atoms in total. The summed E-state index contributed by atoms with van der Waals surface area (Å²) < 4.78 is 0.758. The van der Waals surface area contributed by atoms with Gasteiger partial charge < -0.3 is 9.97 Å². The van der Waals surface area contributed by atoms with E-state index >= 15 is 0 Å². The Morgan fingerprint density at radius 2 is 2.00 bits per heavy atom. The maximum Gasteiger partial charge on any atom is 0.174 e. The molecule has 0 aliphatic heterocycles. The molecule has 3 rings (SSSR count). The highest BCUT2D eigenvalue weighted by molar-refractivity contribution is 7.71. The van der Waals surface area contributed by atoms with E-state index in [1.807, 2.05) is 6.20 Å². The van der Waals surface area contributed by atoms with Crippen LogP contribution in [0.5, 0.6) is 0 Å². The molecule has 1 heterocycles. The summed E-state index contributed by atoms with van der Waals surface area (Å²) in [4.78, 5) is 6.30. The number of hydrogen-bond donors (Lipinski definition) is 2. The molecule has 0 bridgehead atoms. The molecule has 1 atom stereocenters. The van der Waals surface area contributed by atoms with Crippen LogP contribution in [0.15, 0.2) is 17.3 Å². The van der Waals surface area contributed by atoms with Gasteiger partial charge in [-0.15, -0.1) is 0 Å². The van der Waals surface area contributed by atoms with Crippen molar-refractivity contribution in [3.05, 3.63) is 27.8 Å². The molecule has 1 unspecified atom stereocenters. The Morgan fingerprint density at radius 3 is 2.76 bits per heavy atom. The maximum absolute atomic E-state index is 5.07. The zero-order chi connectivity index (χ0) is 11.7. The molecule has 2 N–H and O–H groups in total. The molecule has 0 saturated carbocycles. The van der Waals surface area contributed by atoms with Crippen LogP contribution in [0.3, 0.4) is 0 Å². The Morgan fingerprint density at radius 1 is 1.18 bits per heavy atom. The van der Waals surface area contributed by atoms with Gasteiger partial charge in [0.2, 0.25) is 0 Å². The standard InChI is InChI=1S/C14H20N2S/c17-14-15-9-13(16-14)8-10-5-6-11-3-1-2-4-12(11)7-10/h9-10H,1-8H2,(H2,15,16,17). The van der Waals surface area contributed by atoms with Crippen molar-refractivity contribution in [2.45, 2.75) is 51.4 Å². The first-order valence-electron chi connectivity index (χ1n) is 6.77. The van der Waals surface area contributed by atoms with Gasteiger partial charge in [-0.3, -0.25) is 0 Å². The van der Waals surface area contributed by atoms with E-state index in [1.165, 1.54) is 50.6 Å². The largest absolute Gasteiger partial charge is 0.337 e. The van der Waals surface area contributed by atoms with Gasteiger partial charge in [-0.2, -0.15) is 0 Å². The van der Waals surface area contributed by atoms with E-state index in [-0.39, 0.29) is 0 Å². The second-order valence-electron chi connectivity index (χ2n) is 5.50. The van der Waals surface area contributed by atoms with Crippen LogP contribution in [0.4, 0.5) is 0 Å². The van der Waals surface area contributed by atoms with Crippen LogP contribution in [-0.4, -0.2) is 9.97 Å². The van der Waals surface area contributed by atoms with Crippen molar-refractivity contribution < 1.29 is 0 Å². The zero-order valence-corrected chi connectivity index (χ0v) is 11.0. The minimum atomic E-state index is 0.758. The topological polar surface area (TPSA) is 31.6 Å². The van der Waals surface area contributed by atoms with E-state index < -0.39 is 0 Å². The summed E-state index contributed by atoms with van der Waals surface area (Å²) in [5.74, 6) is 0.827. The number of imidazole rings is 1. The number of H-pyrrole nitrogens is 2. The molecule has 92 valence electrons. The fourth-order valence-electron chi connectivity index (χ4n) is 3.37. The third kappa shape index (κ3) is 2.54. The molecule has 1 aromatic heterocycles. The smallest absolute Gasteiger partial charge is 0.174 e. The van der Waals surface area contributed by atoms with Crippen molar-refractivity contribution in [2.24, 2.45) is 5.92 Å². The first kappa shape index (κ1) is 11.3. The first-order valence-corrected chi connectivity index (χ1v) is 7.18. The number of nitrogens with one attached hydrogen (secondary N) is 2. The van der Waals surface area contributed by atoms with Crippen molar-refractivity contribution in [2.75, 3.05) is 0 Å². The summed E-state index contributed by atoms with van der Waals surface area (Å²) in [6.45, 7) is 0. The fourth-order valence-corrected chi connectivity index (χ4v) is 3.56. The van der Waals surface area contributed by atoms with E-state index in [1.54, 1.807) is 11.1 Å².